The second kappa shape index (κ2) is 9.93. The first-order valence-electron chi connectivity index (χ1n) is 9.93. The molecule has 3 rings (SSSR count). The molecule has 162 valence electrons. The lowest BCUT2D eigenvalue weighted by Gasteiger charge is -2.17. The molecule has 7 heteroatoms. The normalized spacial score (nSPS) is 10.7. The Morgan fingerprint density at radius 2 is 1.84 bits per heavy atom. The lowest BCUT2D eigenvalue weighted by Crippen LogP contribution is -2.30. The van der Waals surface area contributed by atoms with Gasteiger partial charge in [0.15, 0.2) is 6.61 Å². The number of carbonyl (C=O) groups excluding carboxylic acids is 2. The Morgan fingerprint density at radius 1 is 1.10 bits per heavy atom. The third kappa shape index (κ3) is 5.51. The molecule has 1 amide bonds. The van der Waals surface area contributed by atoms with Crippen LogP contribution in [0.2, 0.25) is 0 Å². The van der Waals surface area contributed by atoms with Gasteiger partial charge in [-0.15, -0.1) is 0 Å². The van der Waals surface area contributed by atoms with E-state index in [9.17, 15) is 14.4 Å². The molecule has 0 radical (unpaired) electrons. The van der Waals surface area contributed by atoms with Crippen LogP contribution in [0, 0.1) is 6.92 Å². The molecule has 3 aromatic rings. The van der Waals surface area contributed by atoms with Crippen LogP contribution in [-0.4, -0.2) is 37.5 Å². The summed E-state index contributed by atoms with van der Waals surface area (Å²) in [5.74, 6) is -0.254. The van der Waals surface area contributed by atoms with E-state index in [1.165, 1.54) is 12.0 Å². The number of nitrogens with zero attached hydrogens (tertiary/aromatic N) is 1. The molecule has 0 unspecified atom stereocenters. The number of likely N-dealkylation sites (N-methyl/N-ethyl adjacent to an activating group) is 1. The third-order valence-electron chi connectivity index (χ3n) is 5.12. The largest absolute Gasteiger partial charge is 0.497 e. The van der Waals surface area contributed by atoms with Crippen LogP contribution in [-0.2, 0) is 27.3 Å². The van der Waals surface area contributed by atoms with Crippen LogP contribution in [0.25, 0.3) is 11.0 Å². The van der Waals surface area contributed by atoms with Crippen molar-refractivity contribution in [3.05, 3.63) is 75.6 Å². The average Bonchev–Trinajstić information content (AvgIpc) is 2.77. The molecule has 0 saturated heterocycles. The predicted octanol–water partition coefficient (Wildman–Crippen LogP) is 3.24. The zero-order valence-electron chi connectivity index (χ0n) is 17.8. The van der Waals surface area contributed by atoms with Crippen molar-refractivity contribution >= 4 is 22.8 Å². The van der Waals surface area contributed by atoms with E-state index >= 15 is 0 Å². The fourth-order valence-electron chi connectivity index (χ4n) is 3.29. The van der Waals surface area contributed by atoms with Crippen molar-refractivity contribution < 1.29 is 23.5 Å². The molecule has 0 atom stereocenters. The summed E-state index contributed by atoms with van der Waals surface area (Å²) in [5.41, 5.74) is 2.09. The highest BCUT2D eigenvalue weighted by molar-refractivity contribution is 5.83. The monoisotopic (exact) mass is 423 g/mol. The summed E-state index contributed by atoms with van der Waals surface area (Å²) >= 11 is 0. The minimum Gasteiger partial charge on any atom is -0.497 e. The van der Waals surface area contributed by atoms with Crippen molar-refractivity contribution in [3.8, 4) is 5.75 Å². The van der Waals surface area contributed by atoms with Crippen molar-refractivity contribution in [1.82, 2.24) is 4.90 Å². The topological polar surface area (TPSA) is 86.0 Å². The van der Waals surface area contributed by atoms with Gasteiger partial charge in [-0.25, -0.2) is 4.79 Å². The first-order valence-corrected chi connectivity index (χ1v) is 9.93. The van der Waals surface area contributed by atoms with Crippen LogP contribution in [0.5, 0.6) is 5.75 Å². The van der Waals surface area contributed by atoms with Gasteiger partial charge in [0.1, 0.15) is 11.3 Å². The highest BCUT2D eigenvalue weighted by Crippen LogP contribution is 2.24. The van der Waals surface area contributed by atoms with Crippen LogP contribution in [0.4, 0.5) is 0 Å². The molecular formula is C24H25NO6. The van der Waals surface area contributed by atoms with Gasteiger partial charge in [0.2, 0.25) is 0 Å². The Bertz CT molecular complexity index is 1140. The quantitative estimate of drug-likeness (QED) is 0.408. The minimum absolute atomic E-state index is 0.0249. The summed E-state index contributed by atoms with van der Waals surface area (Å²) in [6.07, 6.45) is 0.145. The molecule has 1 aromatic heterocycles. The first kappa shape index (κ1) is 22.1. The van der Waals surface area contributed by atoms with Crippen LogP contribution >= 0.6 is 0 Å². The standard InChI is InChI=1S/C24H25NO6/c1-16-19-10-9-18(29-3)13-21(19)31-24(28)20(16)11-12-23(27)30-15-22(26)25(2)14-17-7-5-4-6-8-17/h4-10,13H,11-12,14-15H2,1-3H3. The summed E-state index contributed by atoms with van der Waals surface area (Å²) in [6, 6.07) is 14.8. The number of hydrogen-bond acceptors (Lipinski definition) is 6. The predicted molar refractivity (Wildman–Crippen MR) is 116 cm³/mol. The molecule has 0 spiro atoms. The maximum Gasteiger partial charge on any atom is 0.339 e. The number of ether oxygens (including phenoxy) is 2. The summed E-state index contributed by atoms with van der Waals surface area (Å²) in [7, 11) is 3.19. The van der Waals surface area contributed by atoms with Gasteiger partial charge in [0, 0.05) is 37.0 Å². The van der Waals surface area contributed by atoms with Gasteiger partial charge in [-0.05, 0) is 36.6 Å². The van der Waals surface area contributed by atoms with Gasteiger partial charge in [0.05, 0.1) is 7.11 Å². The molecular weight excluding hydrogens is 398 g/mol. The molecule has 0 aliphatic rings. The molecule has 0 saturated carbocycles. The molecule has 0 bridgehead atoms. The van der Waals surface area contributed by atoms with E-state index < -0.39 is 11.6 Å². The van der Waals surface area contributed by atoms with Crippen molar-refractivity contribution in [1.29, 1.82) is 0 Å². The maximum atomic E-state index is 12.4. The zero-order chi connectivity index (χ0) is 22.4. The average molecular weight is 423 g/mol. The molecule has 2 aromatic carbocycles. The van der Waals surface area contributed by atoms with Crippen LogP contribution < -0.4 is 10.4 Å². The van der Waals surface area contributed by atoms with E-state index in [0.29, 0.717) is 23.4 Å². The Morgan fingerprint density at radius 3 is 2.55 bits per heavy atom. The number of fused-ring (bicyclic) bond motifs is 1. The maximum absolute atomic E-state index is 12.4. The van der Waals surface area contributed by atoms with Gasteiger partial charge in [0.25, 0.3) is 5.91 Å². The highest BCUT2D eigenvalue weighted by atomic mass is 16.5. The summed E-state index contributed by atoms with van der Waals surface area (Å²) in [6.45, 7) is 1.90. The Hall–Kier alpha value is -3.61. The van der Waals surface area contributed by atoms with Crippen molar-refractivity contribution in [2.24, 2.45) is 0 Å². The summed E-state index contributed by atoms with van der Waals surface area (Å²) in [5, 5.41) is 0.779. The fraction of sp³-hybridized carbons (Fsp3) is 0.292. The van der Waals surface area contributed by atoms with E-state index in [-0.39, 0.29) is 25.4 Å². The van der Waals surface area contributed by atoms with E-state index in [1.54, 1.807) is 19.2 Å². The molecule has 31 heavy (non-hydrogen) atoms. The van der Waals surface area contributed by atoms with E-state index in [1.807, 2.05) is 43.3 Å². The summed E-state index contributed by atoms with van der Waals surface area (Å²) < 4.78 is 15.6. The fourth-order valence-corrected chi connectivity index (χ4v) is 3.29. The van der Waals surface area contributed by atoms with Crippen molar-refractivity contribution in [3.63, 3.8) is 0 Å². The van der Waals surface area contributed by atoms with E-state index in [0.717, 1.165) is 16.5 Å². The second-order valence-electron chi connectivity index (χ2n) is 7.25. The minimum atomic E-state index is -0.546. The number of benzene rings is 2. The zero-order valence-corrected chi connectivity index (χ0v) is 17.8. The van der Waals surface area contributed by atoms with E-state index in [4.69, 9.17) is 13.9 Å². The number of hydrogen-bond donors (Lipinski definition) is 0. The highest BCUT2D eigenvalue weighted by Gasteiger charge is 2.16. The lowest BCUT2D eigenvalue weighted by atomic mass is 10.0. The second-order valence-corrected chi connectivity index (χ2v) is 7.25. The SMILES string of the molecule is COc1ccc2c(C)c(CCC(=O)OCC(=O)N(C)Cc3ccccc3)c(=O)oc2c1. The molecule has 1 heterocycles. The Balaban J connectivity index is 1.56. The number of methoxy groups -OCH3 is 1. The number of rotatable bonds is 8. The number of aryl methyl sites for hydroxylation is 1. The molecule has 0 N–H and O–H groups in total. The number of carbonyl (C=O) groups is 2. The van der Waals surface area contributed by atoms with Crippen LogP contribution in [0.3, 0.4) is 0 Å². The number of esters is 1. The van der Waals surface area contributed by atoms with Gasteiger partial charge in [-0.2, -0.15) is 0 Å². The Kier molecular flexibility index (Phi) is 7.07. The van der Waals surface area contributed by atoms with Gasteiger partial charge in [-0.3, -0.25) is 9.59 Å². The van der Waals surface area contributed by atoms with Gasteiger partial charge in [-0.1, -0.05) is 30.3 Å². The van der Waals surface area contributed by atoms with Crippen LogP contribution in [0.15, 0.2) is 57.7 Å². The first-order chi connectivity index (χ1) is 14.9. The molecule has 0 fully saturated rings. The number of amides is 1. The van der Waals surface area contributed by atoms with Crippen molar-refractivity contribution in [2.75, 3.05) is 20.8 Å². The lowest BCUT2D eigenvalue weighted by molar-refractivity contribution is -0.151. The summed E-state index contributed by atoms with van der Waals surface area (Å²) in [4.78, 5) is 38.2. The van der Waals surface area contributed by atoms with Crippen molar-refractivity contribution in [2.45, 2.75) is 26.3 Å². The Labute approximate surface area is 180 Å². The van der Waals surface area contributed by atoms with Crippen LogP contribution in [0.1, 0.15) is 23.1 Å². The van der Waals surface area contributed by atoms with E-state index in [2.05, 4.69) is 0 Å². The van der Waals surface area contributed by atoms with Gasteiger partial charge < -0.3 is 18.8 Å². The molecule has 7 nitrogen and oxygen atoms in total. The van der Waals surface area contributed by atoms with Gasteiger partial charge >= 0.3 is 11.6 Å². The third-order valence-corrected chi connectivity index (χ3v) is 5.12. The smallest absolute Gasteiger partial charge is 0.339 e. The molecule has 0 aliphatic heterocycles. The molecule has 0 aliphatic carbocycles.